The third-order valence-corrected chi connectivity index (χ3v) is 6.74. The highest BCUT2D eigenvalue weighted by molar-refractivity contribution is 5.99. The van der Waals surface area contributed by atoms with Crippen molar-refractivity contribution in [3.8, 4) is 11.1 Å². The quantitative estimate of drug-likeness (QED) is 0.117. The summed E-state index contributed by atoms with van der Waals surface area (Å²) >= 11 is 0. The minimum Gasteiger partial charge on any atom is -0.370 e. The monoisotopic (exact) mass is 552 g/mol. The van der Waals surface area contributed by atoms with Gasteiger partial charge in [0.05, 0.1) is 0 Å². The molecule has 0 bridgehead atoms. The molecule has 0 aliphatic carbocycles. The highest BCUT2D eigenvalue weighted by Gasteiger charge is 2.33. The first-order valence-electron chi connectivity index (χ1n) is 13.3. The molecule has 0 spiro atoms. The molecule has 11 nitrogen and oxygen atoms in total. The van der Waals surface area contributed by atoms with Crippen LogP contribution >= 0.6 is 0 Å². The molecule has 11 heteroatoms. The van der Waals surface area contributed by atoms with Gasteiger partial charge in [-0.1, -0.05) is 76.6 Å². The Morgan fingerprint density at radius 3 is 1.85 bits per heavy atom. The molecule has 0 aromatic heterocycles. The number of amides is 5. The number of nitrogens with one attached hydrogen (secondary N) is 4. The molecule has 216 valence electrons. The summed E-state index contributed by atoms with van der Waals surface area (Å²) in [6, 6.07) is 13.8. The predicted molar refractivity (Wildman–Crippen MR) is 152 cm³/mol. The molecule has 0 fully saturated rings. The molecule has 2 rings (SSSR count). The summed E-state index contributed by atoms with van der Waals surface area (Å²) < 4.78 is 0. The van der Waals surface area contributed by atoms with E-state index >= 15 is 0 Å². The maximum absolute atomic E-state index is 13.4. The largest absolute Gasteiger partial charge is 0.370 e. The van der Waals surface area contributed by atoms with Gasteiger partial charge in [0.15, 0.2) is 0 Å². The molecule has 0 radical (unpaired) electrons. The molecule has 0 aliphatic rings. The number of carbonyl (C=O) groups is 5. The van der Waals surface area contributed by atoms with E-state index in [0.29, 0.717) is 12.0 Å². The standard InChI is InChI=1S/C29H40N6O5/c1-5-18(4)25(34-26(37)21-13-11-20(12-14-21)19-9-7-6-8-10-19)29(40)33-24(17(2)3)28(39)32-22(27(38)35-31)15-16-23(30)36/h6-14,17-18,22,24-25H,5,15-16,31H2,1-4H3,(H2,30,36)(H,32,39)(H,33,40)(H,34,37)(H,35,38)/t18-,22-,24+,25-/m0/s1. The Morgan fingerprint density at radius 2 is 1.32 bits per heavy atom. The van der Waals surface area contributed by atoms with Gasteiger partial charge in [0.25, 0.3) is 11.8 Å². The summed E-state index contributed by atoms with van der Waals surface area (Å²) in [6.07, 6.45) is 0.388. The molecule has 0 aliphatic heterocycles. The van der Waals surface area contributed by atoms with E-state index in [1.54, 1.807) is 26.0 Å². The molecule has 0 saturated heterocycles. The number of hydrogen-bond acceptors (Lipinski definition) is 6. The Labute approximate surface area is 234 Å². The number of hydrogen-bond donors (Lipinski definition) is 6. The van der Waals surface area contributed by atoms with Crippen LogP contribution in [0.1, 0.15) is 57.3 Å². The topological polar surface area (TPSA) is 186 Å². The molecule has 2 aromatic rings. The molecular formula is C29H40N6O5. The number of rotatable bonds is 14. The Bertz CT molecular complexity index is 1170. The normalized spacial score (nSPS) is 13.8. The highest BCUT2D eigenvalue weighted by atomic mass is 16.2. The zero-order valence-corrected chi connectivity index (χ0v) is 23.4. The van der Waals surface area contributed by atoms with Crippen LogP contribution in [0.15, 0.2) is 54.6 Å². The second-order valence-electron chi connectivity index (χ2n) is 10.1. The first kappa shape index (κ1) is 32.0. The van der Waals surface area contributed by atoms with Gasteiger partial charge in [-0.15, -0.1) is 0 Å². The van der Waals surface area contributed by atoms with Gasteiger partial charge < -0.3 is 21.7 Å². The van der Waals surface area contributed by atoms with Crippen LogP contribution in [-0.4, -0.2) is 47.7 Å². The summed E-state index contributed by atoms with van der Waals surface area (Å²) in [6.45, 7) is 7.19. The number of carbonyl (C=O) groups excluding carboxylic acids is 5. The van der Waals surface area contributed by atoms with E-state index in [0.717, 1.165) is 11.1 Å². The number of benzene rings is 2. The summed E-state index contributed by atoms with van der Waals surface area (Å²) in [5.41, 5.74) is 9.49. The van der Waals surface area contributed by atoms with Gasteiger partial charge in [-0.05, 0) is 41.5 Å². The lowest BCUT2D eigenvalue weighted by molar-refractivity contribution is -0.134. The van der Waals surface area contributed by atoms with Crippen molar-refractivity contribution in [3.05, 3.63) is 60.2 Å². The van der Waals surface area contributed by atoms with Crippen LogP contribution in [0.25, 0.3) is 11.1 Å². The van der Waals surface area contributed by atoms with E-state index in [2.05, 4.69) is 16.0 Å². The van der Waals surface area contributed by atoms with Crippen molar-refractivity contribution in [2.75, 3.05) is 0 Å². The summed E-state index contributed by atoms with van der Waals surface area (Å²) in [7, 11) is 0. The maximum atomic E-state index is 13.4. The van der Waals surface area contributed by atoms with E-state index < -0.39 is 47.7 Å². The van der Waals surface area contributed by atoms with E-state index in [9.17, 15) is 24.0 Å². The van der Waals surface area contributed by atoms with E-state index in [1.807, 2.05) is 61.7 Å². The fraction of sp³-hybridized carbons (Fsp3) is 0.414. The molecule has 8 N–H and O–H groups in total. The van der Waals surface area contributed by atoms with Gasteiger partial charge in [-0.3, -0.25) is 29.4 Å². The molecule has 5 amide bonds. The van der Waals surface area contributed by atoms with Crippen LogP contribution in [0.5, 0.6) is 0 Å². The Hall–Kier alpha value is -4.25. The predicted octanol–water partition coefficient (Wildman–Crippen LogP) is 1.38. The first-order chi connectivity index (χ1) is 19.0. The van der Waals surface area contributed by atoms with E-state index in [4.69, 9.17) is 11.6 Å². The maximum Gasteiger partial charge on any atom is 0.256 e. The molecule has 4 atom stereocenters. The average Bonchev–Trinajstić information content (AvgIpc) is 2.95. The van der Waals surface area contributed by atoms with Gasteiger partial charge >= 0.3 is 0 Å². The average molecular weight is 553 g/mol. The van der Waals surface area contributed by atoms with Crippen molar-refractivity contribution >= 4 is 29.5 Å². The van der Waals surface area contributed by atoms with Crippen LogP contribution in [-0.2, 0) is 19.2 Å². The first-order valence-corrected chi connectivity index (χ1v) is 13.3. The van der Waals surface area contributed by atoms with Crippen molar-refractivity contribution in [1.29, 1.82) is 0 Å². The van der Waals surface area contributed by atoms with Gasteiger partial charge in [-0.2, -0.15) is 0 Å². The van der Waals surface area contributed by atoms with E-state index in [1.165, 1.54) is 0 Å². The van der Waals surface area contributed by atoms with Crippen molar-refractivity contribution in [2.24, 2.45) is 23.4 Å². The van der Waals surface area contributed by atoms with E-state index in [-0.39, 0.29) is 24.7 Å². The van der Waals surface area contributed by atoms with Gasteiger partial charge in [0.2, 0.25) is 17.7 Å². The molecule has 2 aromatic carbocycles. The Balaban J connectivity index is 2.16. The van der Waals surface area contributed by atoms with Gasteiger partial charge in [0.1, 0.15) is 18.1 Å². The van der Waals surface area contributed by atoms with Crippen LogP contribution < -0.4 is 33.0 Å². The number of primary amides is 1. The number of hydrazine groups is 1. The van der Waals surface area contributed by atoms with Crippen LogP contribution in [0.2, 0.25) is 0 Å². The Morgan fingerprint density at radius 1 is 0.750 bits per heavy atom. The molecule has 0 heterocycles. The smallest absolute Gasteiger partial charge is 0.256 e. The van der Waals surface area contributed by atoms with Crippen molar-refractivity contribution in [1.82, 2.24) is 21.4 Å². The van der Waals surface area contributed by atoms with Crippen molar-refractivity contribution in [3.63, 3.8) is 0 Å². The fourth-order valence-corrected chi connectivity index (χ4v) is 4.07. The van der Waals surface area contributed by atoms with Crippen LogP contribution in [0.4, 0.5) is 0 Å². The number of nitrogens with two attached hydrogens (primary N) is 2. The van der Waals surface area contributed by atoms with Gasteiger partial charge in [0, 0.05) is 12.0 Å². The zero-order valence-electron chi connectivity index (χ0n) is 23.4. The summed E-state index contributed by atoms with van der Waals surface area (Å²) in [5.74, 6) is 1.69. The second-order valence-corrected chi connectivity index (χ2v) is 10.1. The fourth-order valence-electron chi connectivity index (χ4n) is 4.07. The zero-order chi connectivity index (χ0) is 29.8. The lowest BCUT2D eigenvalue weighted by atomic mass is 9.95. The molecule has 0 saturated carbocycles. The SMILES string of the molecule is CC[C@H](C)[C@H](NC(=O)c1ccc(-c2ccccc2)cc1)C(=O)N[C@@H](C(=O)N[C@@H](CCC(N)=O)C(=O)NN)C(C)C. The van der Waals surface area contributed by atoms with Crippen molar-refractivity contribution in [2.45, 2.75) is 65.1 Å². The molecular weight excluding hydrogens is 512 g/mol. The lowest BCUT2D eigenvalue weighted by Crippen LogP contribution is -2.59. The molecule has 0 unspecified atom stereocenters. The summed E-state index contributed by atoms with van der Waals surface area (Å²) in [4.78, 5) is 62.9. The minimum absolute atomic E-state index is 0.0581. The van der Waals surface area contributed by atoms with Crippen LogP contribution in [0, 0.1) is 11.8 Å². The van der Waals surface area contributed by atoms with Crippen LogP contribution in [0.3, 0.4) is 0 Å². The lowest BCUT2D eigenvalue weighted by Gasteiger charge is -2.29. The third-order valence-electron chi connectivity index (χ3n) is 6.74. The third kappa shape index (κ3) is 9.19. The Kier molecular flexibility index (Phi) is 12.3. The summed E-state index contributed by atoms with van der Waals surface area (Å²) in [5, 5.41) is 8.07. The molecule has 40 heavy (non-hydrogen) atoms. The highest BCUT2D eigenvalue weighted by Crippen LogP contribution is 2.19. The van der Waals surface area contributed by atoms with Gasteiger partial charge in [-0.25, -0.2) is 5.84 Å². The van der Waals surface area contributed by atoms with Crippen molar-refractivity contribution < 1.29 is 24.0 Å². The second kappa shape index (κ2) is 15.4. The minimum atomic E-state index is -1.12.